The molecule has 2 atom stereocenters. The van der Waals surface area contributed by atoms with Gasteiger partial charge in [0.05, 0.1) is 23.3 Å². The number of hydrogen-bond donors (Lipinski definition) is 0. The van der Waals surface area contributed by atoms with Crippen LogP contribution in [0.2, 0.25) is 31.7 Å². The highest BCUT2D eigenvalue weighted by Crippen LogP contribution is 2.40. The van der Waals surface area contributed by atoms with Gasteiger partial charge in [-0.2, -0.15) is 0 Å². The number of carbonyl (C=O) groups excluding carboxylic acids is 1. The molecule has 0 aromatic heterocycles. The summed E-state index contributed by atoms with van der Waals surface area (Å²) in [4.78, 5) is 12.5. The predicted molar refractivity (Wildman–Crippen MR) is 141 cm³/mol. The van der Waals surface area contributed by atoms with Crippen LogP contribution in [0.3, 0.4) is 0 Å². The first-order valence-electron chi connectivity index (χ1n) is 11.5. The number of methoxy groups -OCH3 is 1. The molecule has 0 amide bonds. The predicted octanol–water partition coefficient (Wildman–Crippen LogP) is 5.86. The molecule has 0 bridgehead atoms. The maximum Gasteiger partial charge on any atom is 0.305 e. The zero-order valence-corrected chi connectivity index (χ0v) is 22.0. The van der Waals surface area contributed by atoms with Crippen LogP contribution in [0, 0.1) is 0 Å². The molecule has 0 spiro atoms. The first kappa shape index (κ1) is 24.2. The Morgan fingerprint density at radius 3 is 1.62 bits per heavy atom. The lowest BCUT2D eigenvalue weighted by Gasteiger charge is -2.40. The smallest absolute Gasteiger partial charge is 0.305 e. The van der Waals surface area contributed by atoms with Crippen molar-refractivity contribution in [2.45, 2.75) is 50.1 Å². The number of hydrogen-bond acceptors (Lipinski definition) is 2. The van der Waals surface area contributed by atoms with Crippen LogP contribution in [-0.4, -0.2) is 29.2 Å². The number of carbonyl (C=O) groups is 1. The topological polar surface area (TPSA) is 26.3 Å². The lowest BCUT2D eigenvalue weighted by Crippen LogP contribution is -2.51. The molecule has 3 rings (SSSR count). The van der Waals surface area contributed by atoms with Gasteiger partial charge in [0, 0.05) is 6.42 Å². The average Bonchev–Trinajstić information content (AvgIpc) is 2.83. The Morgan fingerprint density at radius 2 is 1.16 bits per heavy atom. The summed E-state index contributed by atoms with van der Waals surface area (Å²) in [5, 5.41) is 2.87. The van der Waals surface area contributed by atoms with Crippen LogP contribution in [0.25, 0.3) is 0 Å². The van der Waals surface area contributed by atoms with Crippen LogP contribution in [0.5, 0.6) is 0 Å². The van der Waals surface area contributed by atoms with E-state index in [0.717, 1.165) is 6.42 Å². The maximum atomic E-state index is 12.5. The minimum absolute atomic E-state index is 0.0995. The van der Waals surface area contributed by atoms with Crippen LogP contribution in [-0.2, 0) is 9.53 Å². The summed E-state index contributed by atoms with van der Waals surface area (Å²) in [6, 6.07) is 32.7. The van der Waals surface area contributed by atoms with Gasteiger partial charge in [-0.15, -0.1) is 0 Å². The SMILES string of the molecule is COC(=O)C[C@@H](C[C@H](c1ccccc1)[Si](C)(C)c1ccccc1)[Si](C)(C)c1ccccc1. The maximum absolute atomic E-state index is 12.5. The minimum Gasteiger partial charge on any atom is -0.469 e. The molecule has 0 aliphatic rings. The van der Waals surface area contributed by atoms with E-state index in [0.29, 0.717) is 12.0 Å². The summed E-state index contributed by atoms with van der Waals surface area (Å²) < 4.78 is 5.16. The Labute approximate surface area is 195 Å². The first-order chi connectivity index (χ1) is 15.3. The van der Waals surface area contributed by atoms with Gasteiger partial charge in [-0.1, -0.05) is 128 Å². The van der Waals surface area contributed by atoms with E-state index < -0.39 is 16.1 Å². The third-order valence-electron chi connectivity index (χ3n) is 7.29. The van der Waals surface area contributed by atoms with Crippen molar-refractivity contribution >= 4 is 32.5 Å². The summed E-state index contributed by atoms with van der Waals surface area (Å²) in [6.45, 7) is 9.78. The number of ether oxygens (including phenoxy) is 1. The molecule has 3 aromatic rings. The largest absolute Gasteiger partial charge is 0.469 e. The monoisotopic (exact) mass is 460 g/mol. The molecule has 0 fully saturated rings. The molecule has 4 heteroatoms. The van der Waals surface area contributed by atoms with E-state index in [1.165, 1.54) is 23.0 Å². The zero-order chi connectivity index (χ0) is 23.2. The van der Waals surface area contributed by atoms with Gasteiger partial charge in [0.2, 0.25) is 0 Å². The fourth-order valence-corrected chi connectivity index (χ4v) is 11.5. The molecule has 0 heterocycles. The molecule has 0 saturated carbocycles. The Kier molecular flexibility index (Phi) is 7.91. The van der Waals surface area contributed by atoms with Gasteiger partial charge in [-0.25, -0.2) is 0 Å². The van der Waals surface area contributed by atoms with E-state index >= 15 is 0 Å². The lowest BCUT2D eigenvalue weighted by atomic mass is 10.1. The highest BCUT2D eigenvalue weighted by Gasteiger charge is 2.42. The highest BCUT2D eigenvalue weighted by molar-refractivity contribution is 6.92. The van der Waals surface area contributed by atoms with Crippen LogP contribution >= 0.6 is 0 Å². The number of rotatable bonds is 9. The third kappa shape index (κ3) is 5.48. The van der Waals surface area contributed by atoms with Gasteiger partial charge >= 0.3 is 5.97 Å². The van der Waals surface area contributed by atoms with Crippen LogP contribution in [0.1, 0.15) is 23.9 Å². The van der Waals surface area contributed by atoms with Gasteiger partial charge in [0.1, 0.15) is 0 Å². The lowest BCUT2D eigenvalue weighted by molar-refractivity contribution is -0.140. The van der Waals surface area contributed by atoms with Gasteiger partial charge < -0.3 is 4.74 Å². The normalized spacial score (nSPS) is 13.9. The average molecular weight is 461 g/mol. The summed E-state index contributed by atoms with van der Waals surface area (Å²) >= 11 is 0. The standard InChI is InChI=1S/C28H36O2Si2/c1-30-28(29)22-26(31(2,3)24-17-11-7-12-18-24)21-27(23-15-9-6-10-16-23)32(4,5)25-19-13-8-14-20-25/h6-20,26-27H,21-22H2,1-5H3/t26-,27-/m1/s1. The minimum atomic E-state index is -1.94. The van der Waals surface area contributed by atoms with Crippen molar-refractivity contribution in [3.63, 3.8) is 0 Å². The molecule has 0 saturated heterocycles. The van der Waals surface area contributed by atoms with Crippen LogP contribution < -0.4 is 10.4 Å². The van der Waals surface area contributed by atoms with Crippen molar-refractivity contribution in [3.05, 3.63) is 96.6 Å². The van der Waals surface area contributed by atoms with Crippen LogP contribution in [0.4, 0.5) is 0 Å². The van der Waals surface area contributed by atoms with Crippen molar-refractivity contribution < 1.29 is 9.53 Å². The number of esters is 1. The molecule has 0 aliphatic heterocycles. The third-order valence-corrected chi connectivity index (χ3v) is 15.7. The Morgan fingerprint density at radius 1 is 0.719 bits per heavy atom. The van der Waals surface area contributed by atoms with Gasteiger partial charge in [-0.05, 0) is 23.1 Å². The van der Waals surface area contributed by atoms with E-state index in [-0.39, 0.29) is 11.5 Å². The first-order valence-corrected chi connectivity index (χ1v) is 17.6. The molecule has 0 radical (unpaired) electrons. The van der Waals surface area contributed by atoms with Gasteiger partial charge in [0.15, 0.2) is 0 Å². The van der Waals surface area contributed by atoms with Crippen molar-refractivity contribution in [2.24, 2.45) is 0 Å². The van der Waals surface area contributed by atoms with Gasteiger partial charge in [0.25, 0.3) is 0 Å². The molecule has 168 valence electrons. The molecular weight excluding hydrogens is 424 g/mol. The van der Waals surface area contributed by atoms with E-state index in [9.17, 15) is 4.79 Å². The van der Waals surface area contributed by atoms with Crippen molar-refractivity contribution in [1.82, 2.24) is 0 Å². The molecule has 0 unspecified atom stereocenters. The zero-order valence-electron chi connectivity index (χ0n) is 20.0. The van der Waals surface area contributed by atoms with E-state index in [1.807, 2.05) is 0 Å². The molecule has 0 aliphatic carbocycles. The molecular formula is C28H36O2Si2. The van der Waals surface area contributed by atoms with Crippen molar-refractivity contribution in [3.8, 4) is 0 Å². The van der Waals surface area contributed by atoms with Gasteiger partial charge in [-0.3, -0.25) is 4.79 Å². The molecule has 3 aromatic carbocycles. The quantitative estimate of drug-likeness (QED) is 0.295. The molecule has 0 N–H and O–H groups in total. The molecule has 32 heavy (non-hydrogen) atoms. The van der Waals surface area contributed by atoms with E-state index in [4.69, 9.17) is 4.74 Å². The molecule has 2 nitrogen and oxygen atoms in total. The fraction of sp³-hybridized carbons (Fsp3) is 0.321. The second kappa shape index (κ2) is 10.5. The summed E-state index contributed by atoms with van der Waals surface area (Å²) in [5.41, 5.74) is 2.09. The summed E-state index contributed by atoms with van der Waals surface area (Å²) in [7, 11) is -2.32. The fourth-order valence-electron chi connectivity index (χ4n) is 4.91. The second-order valence-electron chi connectivity index (χ2n) is 9.85. The van der Waals surface area contributed by atoms with E-state index in [2.05, 4.69) is 117 Å². The highest BCUT2D eigenvalue weighted by atomic mass is 28.3. The second-order valence-corrected chi connectivity index (χ2v) is 19.4. The Hall–Kier alpha value is -2.44. The Balaban J connectivity index is 2.06. The van der Waals surface area contributed by atoms with Crippen molar-refractivity contribution in [1.29, 1.82) is 0 Å². The van der Waals surface area contributed by atoms with E-state index in [1.54, 1.807) is 0 Å². The number of benzene rings is 3. The van der Waals surface area contributed by atoms with Crippen molar-refractivity contribution in [2.75, 3.05) is 7.11 Å². The van der Waals surface area contributed by atoms with Crippen LogP contribution in [0.15, 0.2) is 91.0 Å². The summed E-state index contributed by atoms with van der Waals surface area (Å²) in [6.07, 6.45) is 1.48. The summed E-state index contributed by atoms with van der Waals surface area (Å²) in [5.74, 6) is -0.0995. The Bertz CT molecular complexity index is 986.